The summed E-state index contributed by atoms with van der Waals surface area (Å²) >= 11 is 6.19. The van der Waals surface area contributed by atoms with Crippen LogP contribution in [-0.4, -0.2) is 49.8 Å². The average molecular weight is 556 g/mol. The second kappa shape index (κ2) is 12.5. The number of rotatable bonds is 10. The van der Waals surface area contributed by atoms with Crippen molar-refractivity contribution in [2.75, 3.05) is 17.4 Å². The van der Waals surface area contributed by atoms with Crippen molar-refractivity contribution in [3.05, 3.63) is 95.5 Å². The normalized spacial score (nSPS) is 12.4. The van der Waals surface area contributed by atoms with Crippen LogP contribution in [0.3, 0.4) is 0 Å². The Kier molecular flexibility index (Phi) is 9.57. The van der Waals surface area contributed by atoms with Gasteiger partial charge in [0.05, 0.1) is 10.6 Å². The van der Waals surface area contributed by atoms with E-state index in [0.717, 1.165) is 9.87 Å². The SMILES string of the molecule is C[C@H](C(=O)NC(C)(C)C)N(CCc1ccccc1)C(=O)CN(c1cccc(Cl)c1)S(=O)(=O)c1ccccc1. The van der Waals surface area contributed by atoms with Gasteiger partial charge in [-0.25, -0.2) is 8.42 Å². The van der Waals surface area contributed by atoms with E-state index in [1.165, 1.54) is 23.1 Å². The van der Waals surface area contributed by atoms with Crippen molar-refractivity contribution in [1.82, 2.24) is 10.2 Å². The quantitative estimate of drug-likeness (QED) is 0.385. The molecule has 9 heteroatoms. The molecule has 0 aromatic heterocycles. The molecule has 0 aliphatic carbocycles. The number of hydrogen-bond acceptors (Lipinski definition) is 4. The molecule has 0 fully saturated rings. The molecule has 7 nitrogen and oxygen atoms in total. The minimum atomic E-state index is -4.11. The van der Waals surface area contributed by atoms with Crippen LogP contribution >= 0.6 is 11.6 Å². The highest BCUT2D eigenvalue weighted by Crippen LogP contribution is 2.26. The van der Waals surface area contributed by atoms with Crippen molar-refractivity contribution in [3.63, 3.8) is 0 Å². The maximum absolute atomic E-state index is 13.8. The van der Waals surface area contributed by atoms with Crippen molar-refractivity contribution < 1.29 is 18.0 Å². The molecule has 3 rings (SSSR count). The van der Waals surface area contributed by atoms with Gasteiger partial charge in [-0.2, -0.15) is 0 Å². The largest absolute Gasteiger partial charge is 0.350 e. The molecule has 202 valence electrons. The van der Waals surface area contributed by atoms with Gasteiger partial charge >= 0.3 is 0 Å². The standard InChI is InChI=1S/C29H34ClN3O4S/c1-22(28(35)31-29(2,3)4)32(19-18-23-12-7-5-8-13-23)27(34)21-33(25-15-11-14-24(30)20-25)38(36,37)26-16-9-6-10-17-26/h5-17,20,22H,18-19,21H2,1-4H3,(H,31,35)/t22-/m1/s1. The second-order valence-electron chi connectivity index (χ2n) is 10.0. The summed E-state index contributed by atoms with van der Waals surface area (Å²) in [7, 11) is -4.11. The highest BCUT2D eigenvalue weighted by molar-refractivity contribution is 7.92. The van der Waals surface area contributed by atoms with E-state index in [4.69, 9.17) is 11.6 Å². The number of hydrogen-bond donors (Lipinski definition) is 1. The summed E-state index contributed by atoms with van der Waals surface area (Å²) in [6, 6.07) is 23.0. The number of nitrogens with one attached hydrogen (secondary N) is 1. The fourth-order valence-electron chi connectivity index (χ4n) is 3.92. The molecule has 3 aromatic carbocycles. The van der Waals surface area contributed by atoms with Crippen molar-refractivity contribution in [1.29, 1.82) is 0 Å². The number of nitrogens with zero attached hydrogens (tertiary/aromatic N) is 2. The first-order valence-electron chi connectivity index (χ1n) is 12.4. The number of amides is 2. The monoisotopic (exact) mass is 555 g/mol. The Labute approximate surface area is 230 Å². The molecule has 0 saturated carbocycles. The van der Waals surface area contributed by atoms with Crippen molar-refractivity contribution in [2.45, 2.75) is 50.6 Å². The Balaban J connectivity index is 1.97. The van der Waals surface area contributed by atoms with Crippen LogP contribution in [-0.2, 0) is 26.0 Å². The lowest BCUT2D eigenvalue weighted by atomic mass is 10.1. The van der Waals surface area contributed by atoms with E-state index in [1.54, 1.807) is 43.3 Å². The van der Waals surface area contributed by atoms with Gasteiger partial charge in [0.25, 0.3) is 10.0 Å². The number of carbonyl (C=O) groups is 2. The first kappa shape index (κ1) is 29.2. The number of halogens is 1. The molecule has 1 atom stereocenters. The number of benzene rings is 3. The first-order chi connectivity index (χ1) is 17.9. The molecule has 0 unspecified atom stereocenters. The summed E-state index contributed by atoms with van der Waals surface area (Å²) in [5.41, 5.74) is 0.755. The Hall–Kier alpha value is -3.36. The lowest BCUT2D eigenvalue weighted by Gasteiger charge is -2.33. The van der Waals surface area contributed by atoms with E-state index >= 15 is 0 Å². The van der Waals surface area contributed by atoms with Crippen LogP contribution in [0.15, 0.2) is 89.8 Å². The van der Waals surface area contributed by atoms with Crippen LogP contribution in [0.5, 0.6) is 0 Å². The predicted octanol–water partition coefficient (Wildman–Crippen LogP) is 4.91. The van der Waals surface area contributed by atoms with Crippen LogP contribution in [0.2, 0.25) is 5.02 Å². The van der Waals surface area contributed by atoms with Crippen molar-refractivity contribution in [3.8, 4) is 0 Å². The summed E-state index contributed by atoms with van der Waals surface area (Å²) in [6.45, 7) is 6.97. The smallest absolute Gasteiger partial charge is 0.264 e. The Morgan fingerprint density at radius 2 is 1.53 bits per heavy atom. The van der Waals surface area contributed by atoms with Crippen LogP contribution in [0, 0.1) is 0 Å². The van der Waals surface area contributed by atoms with E-state index in [-0.39, 0.29) is 23.0 Å². The third-order valence-corrected chi connectivity index (χ3v) is 7.88. The Bertz CT molecular complexity index is 1340. The molecule has 3 aromatic rings. The molecule has 38 heavy (non-hydrogen) atoms. The number of sulfonamides is 1. The van der Waals surface area contributed by atoms with Crippen molar-refractivity contribution in [2.24, 2.45) is 0 Å². The highest BCUT2D eigenvalue weighted by atomic mass is 35.5. The molecule has 0 bridgehead atoms. The van der Waals surface area contributed by atoms with Gasteiger partial charge in [0.15, 0.2) is 0 Å². The highest BCUT2D eigenvalue weighted by Gasteiger charge is 2.33. The summed E-state index contributed by atoms with van der Waals surface area (Å²) in [5.74, 6) is -0.823. The van der Waals surface area contributed by atoms with Gasteiger partial charge < -0.3 is 10.2 Å². The summed E-state index contributed by atoms with van der Waals surface area (Å²) in [4.78, 5) is 28.4. The predicted molar refractivity (Wildman–Crippen MR) is 152 cm³/mol. The van der Waals surface area contributed by atoms with Gasteiger partial charge in [0.2, 0.25) is 11.8 Å². The van der Waals surface area contributed by atoms with Crippen LogP contribution in [0.1, 0.15) is 33.3 Å². The van der Waals surface area contributed by atoms with E-state index in [2.05, 4.69) is 5.32 Å². The molecule has 0 spiro atoms. The maximum atomic E-state index is 13.8. The fraction of sp³-hybridized carbons (Fsp3) is 0.310. The van der Waals surface area contributed by atoms with Crippen molar-refractivity contribution >= 4 is 39.1 Å². The lowest BCUT2D eigenvalue weighted by molar-refractivity contribution is -0.139. The molecule has 0 saturated heterocycles. The van der Waals surface area contributed by atoms with Gasteiger partial charge in [-0.1, -0.05) is 66.2 Å². The molecular weight excluding hydrogens is 522 g/mol. The van der Waals surface area contributed by atoms with E-state index in [0.29, 0.717) is 11.4 Å². The topological polar surface area (TPSA) is 86.8 Å². The van der Waals surface area contributed by atoms with E-state index in [9.17, 15) is 18.0 Å². The minimum absolute atomic E-state index is 0.0436. The second-order valence-corrected chi connectivity index (χ2v) is 12.3. The maximum Gasteiger partial charge on any atom is 0.264 e. The minimum Gasteiger partial charge on any atom is -0.350 e. The van der Waals surface area contributed by atoms with Gasteiger partial charge in [0.1, 0.15) is 12.6 Å². The summed E-state index contributed by atoms with van der Waals surface area (Å²) < 4.78 is 28.5. The zero-order chi connectivity index (χ0) is 27.9. The molecule has 0 aliphatic heterocycles. The van der Waals surface area contributed by atoms with Crippen LogP contribution < -0.4 is 9.62 Å². The van der Waals surface area contributed by atoms with E-state index in [1.807, 2.05) is 51.1 Å². The summed E-state index contributed by atoms with van der Waals surface area (Å²) in [5, 5.41) is 3.25. The molecule has 0 heterocycles. The number of carbonyl (C=O) groups excluding carboxylic acids is 2. The molecule has 2 amide bonds. The Morgan fingerprint density at radius 3 is 2.11 bits per heavy atom. The fourth-order valence-corrected chi connectivity index (χ4v) is 5.54. The zero-order valence-electron chi connectivity index (χ0n) is 22.1. The van der Waals surface area contributed by atoms with Gasteiger partial charge in [-0.3, -0.25) is 13.9 Å². The molecule has 0 aliphatic rings. The first-order valence-corrected chi connectivity index (χ1v) is 14.2. The zero-order valence-corrected chi connectivity index (χ0v) is 23.7. The van der Waals surface area contributed by atoms with Gasteiger partial charge in [-0.15, -0.1) is 0 Å². The lowest BCUT2D eigenvalue weighted by Crippen LogP contribution is -2.55. The molecular formula is C29H34ClN3O4S. The average Bonchev–Trinajstić information content (AvgIpc) is 2.87. The molecule has 0 radical (unpaired) electrons. The van der Waals surface area contributed by atoms with Crippen LogP contribution in [0.25, 0.3) is 0 Å². The number of anilines is 1. The Morgan fingerprint density at radius 1 is 0.921 bits per heavy atom. The van der Waals surface area contributed by atoms with Gasteiger partial charge in [-0.05, 0) is 70.0 Å². The van der Waals surface area contributed by atoms with Crippen LogP contribution in [0.4, 0.5) is 5.69 Å². The molecule has 1 N–H and O–H groups in total. The van der Waals surface area contributed by atoms with Gasteiger partial charge in [0, 0.05) is 17.1 Å². The third-order valence-electron chi connectivity index (χ3n) is 5.86. The summed E-state index contributed by atoms with van der Waals surface area (Å²) in [6.07, 6.45) is 0.502. The third kappa shape index (κ3) is 7.82. The van der Waals surface area contributed by atoms with E-state index < -0.39 is 34.1 Å².